The van der Waals surface area contributed by atoms with E-state index in [1.54, 1.807) is 0 Å². The molecule has 0 saturated carbocycles. The summed E-state index contributed by atoms with van der Waals surface area (Å²) >= 11 is 0. The van der Waals surface area contributed by atoms with Crippen LogP contribution in [-0.2, 0) is 0 Å². The average Bonchev–Trinajstić information content (AvgIpc) is 2.90. The van der Waals surface area contributed by atoms with E-state index < -0.39 is 0 Å². The Morgan fingerprint density at radius 2 is 1.06 bits per heavy atom. The van der Waals surface area contributed by atoms with Crippen molar-refractivity contribution < 1.29 is 0 Å². The normalized spacial score (nSPS) is 10.4. The summed E-state index contributed by atoms with van der Waals surface area (Å²) in [5, 5.41) is 0. The molecule has 4 aromatic rings. The van der Waals surface area contributed by atoms with Gasteiger partial charge in [0.05, 0.1) is 5.69 Å². The van der Waals surface area contributed by atoms with Crippen molar-refractivity contribution in [2.75, 3.05) is 0 Å². The fourth-order valence-corrected chi connectivity index (χ4v) is 3.25. The molecular weight excluding hydrogens is 410 g/mol. The number of rotatable bonds is 5. The maximum atomic E-state index is 4.68. The molecule has 0 radical (unpaired) electrons. The molecule has 0 N–H and O–H groups in total. The number of aromatic nitrogens is 1. The Bertz CT molecular complexity index is 1140. The topological polar surface area (TPSA) is 12.9 Å². The minimum Gasteiger partial charge on any atom is -0.256 e. The molecule has 0 amide bonds. The van der Waals surface area contributed by atoms with E-state index in [4.69, 9.17) is 0 Å². The Morgan fingerprint density at radius 1 is 0.588 bits per heavy atom. The van der Waals surface area contributed by atoms with Crippen molar-refractivity contribution >= 4 is 24.3 Å². The van der Waals surface area contributed by atoms with E-state index in [0.717, 1.165) is 11.3 Å². The molecule has 1 heterocycles. The Kier molecular flexibility index (Phi) is 11.9. The summed E-state index contributed by atoms with van der Waals surface area (Å²) in [7, 11) is 0. The maximum Gasteiger partial charge on any atom is 0.0705 e. The molecule has 0 spiro atoms. The van der Waals surface area contributed by atoms with E-state index in [2.05, 4.69) is 117 Å². The second kappa shape index (κ2) is 15.2. The van der Waals surface area contributed by atoms with Gasteiger partial charge >= 0.3 is 0 Å². The molecule has 0 fully saturated rings. The summed E-state index contributed by atoms with van der Waals surface area (Å²) in [5.74, 6) is 0. The van der Waals surface area contributed by atoms with Crippen LogP contribution in [-0.4, -0.2) is 4.98 Å². The van der Waals surface area contributed by atoms with E-state index in [0.29, 0.717) is 0 Å². The first-order valence-corrected chi connectivity index (χ1v) is 12.2. The van der Waals surface area contributed by atoms with Gasteiger partial charge in [0.2, 0.25) is 0 Å². The predicted octanol–water partition coefficient (Wildman–Crippen LogP) is 9.84. The molecule has 1 nitrogen and oxygen atoms in total. The fraction of sp³-hybridized carbons (Fsp3) is 0.182. The molecule has 0 unspecified atom stereocenters. The second-order valence-corrected chi connectivity index (χ2v) is 7.75. The lowest BCUT2D eigenvalue weighted by atomic mass is 10.0. The van der Waals surface area contributed by atoms with E-state index >= 15 is 0 Å². The Balaban J connectivity index is 0.000000758. The smallest absolute Gasteiger partial charge is 0.0705 e. The van der Waals surface area contributed by atoms with Crippen LogP contribution in [0.4, 0.5) is 0 Å². The van der Waals surface area contributed by atoms with Crippen molar-refractivity contribution in [3.8, 4) is 11.3 Å². The molecule has 0 saturated heterocycles. The van der Waals surface area contributed by atoms with Gasteiger partial charge in [-0.3, -0.25) is 4.98 Å². The summed E-state index contributed by atoms with van der Waals surface area (Å²) in [4.78, 5) is 4.68. The Hall–Kier alpha value is -3.71. The van der Waals surface area contributed by atoms with Crippen LogP contribution in [0.1, 0.15) is 61.9 Å². The highest BCUT2D eigenvalue weighted by molar-refractivity contribution is 5.74. The monoisotopic (exact) mass is 447 g/mol. The SMILES string of the molecule is CC.CCC.Cc1cc(/C=C/c2ccccc2)ccc1-c1ccc(/C=C/c2ccccc2)cn1. The molecule has 1 aromatic heterocycles. The van der Waals surface area contributed by atoms with E-state index in [1.165, 1.54) is 34.2 Å². The van der Waals surface area contributed by atoms with Crippen LogP contribution in [0.5, 0.6) is 0 Å². The lowest BCUT2D eigenvalue weighted by Crippen LogP contribution is -1.88. The molecule has 0 aliphatic carbocycles. The summed E-state index contributed by atoms with van der Waals surface area (Å²) < 4.78 is 0. The van der Waals surface area contributed by atoms with Crippen LogP contribution in [0.2, 0.25) is 0 Å². The zero-order chi connectivity index (χ0) is 24.6. The van der Waals surface area contributed by atoms with Crippen molar-refractivity contribution in [1.82, 2.24) is 4.98 Å². The van der Waals surface area contributed by atoms with E-state index in [9.17, 15) is 0 Å². The molecule has 174 valence electrons. The van der Waals surface area contributed by atoms with Crippen LogP contribution < -0.4 is 0 Å². The Labute approximate surface area is 206 Å². The number of aryl methyl sites for hydroxylation is 1. The van der Waals surface area contributed by atoms with Crippen LogP contribution in [0.3, 0.4) is 0 Å². The van der Waals surface area contributed by atoms with E-state index in [1.807, 2.05) is 44.3 Å². The van der Waals surface area contributed by atoms with Gasteiger partial charge in [-0.2, -0.15) is 0 Å². The Morgan fingerprint density at radius 3 is 1.53 bits per heavy atom. The summed E-state index contributed by atoms with van der Waals surface area (Å²) in [6.07, 6.45) is 11.7. The lowest BCUT2D eigenvalue weighted by Gasteiger charge is -2.07. The first kappa shape index (κ1) is 26.5. The van der Waals surface area contributed by atoms with Gasteiger partial charge in [-0.05, 0) is 40.8 Å². The highest BCUT2D eigenvalue weighted by Gasteiger charge is 2.04. The van der Waals surface area contributed by atoms with Gasteiger partial charge in [0.1, 0.15) is 0 Å². The number of pyridine rings is 1. The van der Waals surface area contributed by atoms with Crippen molar-refractivity contribution in [1.29, 1.82) is 0 Å². The third-order valence-electron chi connectivity index (χ3n) is 4.85. The van der Waals surface area contributed by atoms with Gasteiger partial charge in [0.25, 0.3) is 0 Å². The van der Waals surface area contributed by atoms with Gasteiger partial charge in [-0.25, -0.2) is 0 Å². The van der Waals surface area contributed by atoms with Gasteiger partial charge in [-0.15, -0.1) is 0 Å². The second-order valence-electron chi connectivity index (χ2n) is 7.75. The van der Waals surface area contributed by atoms with Crippen LogP contribution in [0, 0.1) is 6.92 Å². The third-order valence-corrected chi connectivity index (χ3v) is 4.85. The van der Waals surface area contributed by atoms with E-state index in [-0.39, 0.29) is 0 Å². The number of hydrogen-bond acceptors (Lipinski definition) is 1. The highest BCUT2D eigenvalue weighted by atomic mass is 14.7. The molecule has 1 heteroatoms. The molecule has 4 rings (SSSR count). The molecular formula is C33H37N. The molecule has 0 aliphatic rings. The van der Waals surface area contributed by atoms with Crippen molar-refractivity contribution in [2.24, 2.45) is 0 Å². The largest absolute Gasteiger partial charge is 0.256 e. The quantitative estimate of drug-likeness (QED) is 0.277. The zero-order valence-corrected chi connectivity index (χ0v) is 21.2. The van der Waals surface area contributed by atoms with Gasteiger partial charge in [0.15, 0.2) is 0 Å². The summed E-state index contributed by atoms with van der Waals surface area (Å²) in [6.45, 7) is 10.4. The highest BCUT2D eigenvalue weighted by Crippen LogP contribution is 2.24. The first-order valence-electron chi connectivity index (χ1n) is 12.2. The van der Waals surface area contributed by atoms with Gasteiger partial charge < -0.3 is 0 Å². The summed E-state index contributed by atoms with van der Waals surface area (Å²) in [5.41, 5.74) is 8.07. The van der Waals surface area contributed by atoms with Crippen molar-refractivity contribution in [2.45, 2.75) is 41.0 Å². The van der Waals surface area contributed by atoms with Crippen molar-refractivity contribution in [3.63, 3.8) is 0 Å². The minimum absolute atomic E-state index is 0.998. The molecule has 0 bridgehead atoms. The third kappa shape index (κ3) is 8.67. The summed E-state index contributed by atoms with van der Waals surface area (Å²) in [6, 6.07) is 31.4. The number of hydrogen-bond donors (Lipinski definition) is 0. The molecule has 3 aromatic carbocycles. The lowest BCUT2D eigenvalue weighted by molar-refractivity contribution is 1.09. The minimum atomic E-state index is 0.998. The van der Waals surface area contributed by atoms with Crippen LogP contribution >= 0.6 is 0 Å². The standard InChI is InChI=1S/C28H23N.C3H8.C2H6/c1-22-20-25(14-12-23-8-4-2-5-9-23)16-18-27(22)28-19-17-26(21-29-28)15-13-24-10-6-3-7-11-24;1-3-2;1-2/h2-21H,1H3;3H2,1-2H3;1-2H3/b14-12+,15-13+;;. The van der Waals surface area contributed by atoms with Gasteiger partial charge in [-0.1, -0.05) is 143 Å². The number of benzene rings is 3. The molecule has 34 heavy (non-hydrogen) atoms. The zero-order valence-electron chi connectivity index (χ0n) is 21.2. The maximum absolute atomic E-state index is 4.68. The average molecular weight is 448 g/mol. The van der Waals surface area contributed by atoms with Crippen LogP contribution in [0.15, 0.2) is 97.2 Å². The van der Waals surface area contributed by atoms with Gasteiger partial charge in [0, 0.05) is 11.8 Å². The first-order chi connectivity index (χ1) is 16.7. The van der Waals surface area contributed by atoms with Crippen molar-refractivity contribution in [3.05, 3.63) is 125 Å². The molecule has 0 aliphatic heterocycles. The van der Waals surface area contributed by atoms with Crippen LogP contribution in [0.25, 0.3) is 35.6 Å². The molecule has 0 atom stereocenters. The fourth-order valence-electron chi connectivity index (χ4n) is 3.25. The number of nitrogens with zero attached hydrogens (tertiary/aromatic N) is 1. The predicted molar refractivity (Wildman–Crippen MR) is 152 cm³/mol.